The van der Waals surface area contributed by atoms with E-state index in [1.54, 1.807) is 38.1 Å². The van der Waals surface area contributed by atoms with Gasteiger partial charge in [-0.25, -0.2) is 8.42 Å². The summed E-state index contributed by atoms with van der Waals surface area (Å²) in [7, 11) is -3.85. The molecule has 0 saturated carbocycles. The monoisotopic (exact) mass is 431 g/mol. The average Bonchev–Trinajstić information content (AvgIpc) is 2.74. The second-order valence-electron chi connectivity index (χ2n) is 7.05. The van der Waals surface area contributed by atoms with Crippen LogP contribution in [0.5, 0.6) is 0 Å². The second kappa shape index (κ2) is 10.2. The van der Waals surface area contributed by atoms with Gasteiger partial charge in [0.1, 0.15) is 6.04 Å². The van der Waals surface area contributed by atoms with Crippen LogP contribution in [0.15, 0.2) is 59.5 Å². The molecule has 2 atom stereocenters. The minimum Gasteiger partial charge on any atom is -0.352 e. The van der Waals surface area contributed by atoms with Gasteiger partial charge < -0.3 is 10.6 Å². The fraction of sp³-hybridized carbons (Fsp3) is 0.364. The lowest BCUT2D eigenvalue weighted by atomic mass is 10.2. The van der Waals surface area contributed by atoms with E-state index in [0.29, 0.717) is 5.69 Å². The van der Waals surface area contributed by atoms with Crippen molar-refractivity contribution in [2.24, 2.45) is 0 Å². The molecule has 0 saturated heterocycles. The molecular formula is C22H29N3O4S. The molecule has 0 radical (unpaired) electrons. The van der Waals surface area contributed by atoms with E-state index in [1.807, 2.05) is 19.9 Å². The van der Waals surface area contributed by atoms with Crippen molar-refractivity contribution in [1.82, 2.24) is 10.6 Å². The number of rotatable bonds is 9. The lowest BCUT2D eigenvalue weighted by Crippen LogP contribution is -2.47. The number of nitrogens with one attached hydrogen (secondary N) is 2. The van der Waals surface area contributed by atoms with E-state index in [4.69, 9.17) is 0 Å². The zero-order valence-electron chi connectivity index (χ0n) is 17.8. The van der Waals surface area contributed by atoms with E-state index in [-0.39, 0.29) is 29.0 Å². The molecule has 7 nitrogen and oxygen atoms in total. The van der Waals surface area contributed by atoms with Crippen molar-refractivity contribution in [3.05, 3.63) is 60.2 Å². The molecule has 162 valence electrons. The molecule has 8 heteroatoms. The fourth-order valence-corrected chi connectivity index (χ4v) is 4.35. The van der Waals surface area contributed by atoms with E-state index in [1.165, 1.54) is 28.6 Å². The van der Waals surface area contributed by atoms with Crippen LogP contribution in [0.3, 0.4) is 0 Å². The summed E-state index contributed by atoms with van der Waals surface area (Å²) in [6.45, 7) is 7.42. The van der Waals surface area contributed by atoms with Gasteiger partial charge in [-0.1, -0.05) is 31.2 Å². The number of carbonyl (C=O) groups is 2. The molecule has 0 aliphatic carbocycles. The molecule has 0 aliphatic heterocycles. The quantitative estimate of drug-likeness (QED) is 0.638. The lowest BCUT2D eigenvalue weighted by Gasteiger charge is -2.23. The van der Waals surface area contributed by atoms with Gasteiger partial charge in [0.05, 0.1) is 10.6 Å². The van der Waals surface area contributed by atoms with Gasteiger partial charge in [-0.15, -0.1) is 0 Å². The Morgan fingerprint density at radius 2 is 1.63 bits per heavy atom. The number of anilines is 1. The lowest BCUT2D eigenvalue weighted by molar-refractivity contribution is -0.123. The van der Waals surface area contributed by atoms with E-state index < -0.39 is 22.0 Å². The van der Waals surface area contributed by atoms with Crippen LogP contribution in [0.25, 0.3) is 0 Å². The Morgan fingerprint density at radius 1 is 0.967 bits per heavy atom. The number of benzene rings is 2. The van der Waals surface area contributed by atoms with Crippen LogP contribution in [-0.2, 0) is 14.8 Å². The number of amides is 2. The number of para-hydroxylation sites is 1. The maximum atomic E-state index is 13.2. The average molecular weight is 432 g/mol. The summed E-state index contributed by atoms with van der Waals surface area (Å²) in [6, 6.07) is 13.9. The summed E-state index contributed by atoms with van der Waals surface area (Å²) in [5.41, 5.74) is 0.716. The predicted molar refractivity (Wildman–Crippen MR) is 118 cm³/mol. The molecule has 2 amide bonds. The smallest absolute Gasteiger partial charge is 0.264 e. The third-order valence-corrected chi connectivity index (χ3v) is 6.66. The van der Waals surface area contributed by atoms with Gasteiger partial charge in [0, 0.05) is 18.2 Å². The van der Waals surface area contributed by atoms with E-state index in [0.717, 1.165) is 6.42 Å². The molecule has 2 rings (SSSR count). The van der Waals surface area contributed by atoms with E-state index in [2.05, 4.69) is 10.6 Å². The van der Waals surface area contributed by atoms with Crippen molar-refractivity contribution >= 4 is 27.5 Å². The first-order valence-corrected chi connectivity index (χ1v) is 11.4. The largest absolute Gasteiger partial charge is 0.352 e. The van der Waals surface area contributed by atoms with Crippen LogP contribution in [0.4, 0.5) is 5.69 Å². The Hall–Kier alpha value is -2.87. The number of sulfonamides is 1. The number of hydrogen-bond donors (Lipinski definition) is 2. The van der Waals surface area contributed by atoms with E-state index in [9.17, 15) is 18.0 Å². The van der Waals surface area contributed by atoms with Crippen molar-refractivity contribution in [3.63, 3.8) is 0 Å². The zero-order valence-corrected chi connectivity index (χ0v) is 18.6. The Balaban J connectivity index is 2.22. The van der Waals surface area contributed by atoms with Gasteiger partial charge in [-0.05, 0) is 57.5 Å². The minimum absolute atomic E-state index is 0.00309. The molecule has 0 heterocycles. The first-order chi connectivity index (χ1) is 14.2. The molecule has 0 aliphatic rings. The highest BCUT2D eigenvalue weighted by atomic mass is 32.2. The van der Waals surface area contributed by atoms with Gasteiger partial charge in [-0.3, -0.25) is 13.9 Å². The summed E-state index contributed by atoms with van der Waals surface area (Å²) < 4.78 is 27.6. The highest BCUT2D eigenvalue weighted by molar-refractivity contribution is 7.92. The van der Waals surface area contributed by atoms with Gasteiger partial charge in [0.25, 0.3) is 15.9 Å². The Labute approximate surface area is 178 Å². The molecule has 0 aromatic heterocycles. The maximum absolute atomic E-state index is 13.2. The third-order valence-electron chi connectivity index (χ3n) is 4.76. The van der Waals surface area contributed by atoms with Crippen LogP contribution in [0.2, 0.25) is 0 Å². The SMILES string of the molecule is CCC(C)NC(=O)C(C)NC(=O)c1cccc(S(=O)(=O)N(CC)c2ccccc2)c1. The van der Waals surface area contributed by atoms with Crippen molar-refractivity contribution in [3.8, 4) is 0 Å². The fourth-order valence-electron chi connectivity index (χ4n) is 2.83. The van der Waals surface area contributed by atoms with Crippen molar-refractivity contribution in [2.75, 3.05) is 10.8 Å². The Bertz CT molecular complexity index is 977. The minimum atomic E-state index is -3.85. The Morgan fingerprint density at radius 3 is 2.23 bits per heavy atom. The first-order valence-electron chi connectivity index (χ1n) is 9.99. The normalized spacial score (nSPS) is 13.2. The summed E-state index contributed by atoms with van der Waals surface area (Å²) in [6.07, 6.45) is 0.779. The second-order valence-corrected chi connectivity index (χ2v) is 8.91. The highest BCUT2D eigenvalue weighted by Gasteiger charge is 2.25. The van der Waals surface area contributed by atoms with Gasteiger partial charge in [0.15, 0.2) is 0 Å². The Kier molecular flexibility index (Phi) is 8.00. The molecule has 0 spiro atoms. The number of nitrogens with zero attached hydrogens (tertiary/aromatic N) is 1. The maximum Gasteiger partial charge on any atom is 0.264 e. The first kappa shape index (κ1) is 23.4. The third kappa shape index (κ3) is 5.60. The molecule has 2 unspecified atom stereocenters. The molecule has 30 heavy (non-hydrogen) atoms. The van der Waals surface area contributed by atoms with Crippen molar-refractivity contribution < 1.29 is 18.0 Å². The van der Waals surface area contributed by atoms with Gasteiger partial charge in [0.2, 0.25) is 5.91 Å². The van der Waals surface area contributed by atoms with Gasteiger partial charge >= 0.3 is 0 Å². The topological polar surface area (TPSA) is 95.6 Å². The van der Waals surface area contributed by atoms with Crippen molar-refractivity contribution in [2.45, 2.75) is 51.1 Å². The highest BCUT2D eigenvalue weighted by Crippen LogP contribution is 2.23. The van der Waals surface area contributed by atoms with Crippen LogP contribution in [0.1, 0.15) is 44.5 Å². The number of carbonyl (C=O) groups excluding carboxylic acids is 2. The molecule has 0 fully saturated rings. The zero-order chi connectivity index (χ0) is 22.3. The van der Waals surface area contributed by atoms with E-state index >= 15 is 0 Å². The van der Waals surface area contributed by atoms with Gasteiger partial charge in [-0.2, -0.15) is 0 Å². The van der Waals surface area contributed by atoms with Crippen LogP contribution in [-0.4, -0.2) is 38.9 Å². The molecular weight excluding hydrogens is 402 g/mol. The summed E-state index contributed by atoms with van der Waals surface area (Å²) in [5.74, 6) is -0.802. The summed E-state index contributed by atoms with van der Waals surface area (Å²) in [5, 5.41) is 5.43. The summed E-state index contributed by atoms with van der Waals surface area (Å²) in [4.78, 5) is 24.8. The van der Waals surface area contributed by atoms with Crippen molar-refractivity contribution in [1.29, 1.82) is 0 Å². The molecule has 0 bridgehead atoms. The predicted octanol–water partition coefficient (Wildman–Crippen LogP) is 2.93. The number of hydrogen-bond acceptors (Lipinski definition) is 4. The van der Waals surface area contributed by atoms with Crippen LogP contribution >= 0.6 is 0 Å². The van der Waals surface area contributed by atoms with Crippen LogP contribution in [0, 0.1) is 0 Å². The molecule has 2 N–H and O–H groups in total. The molecule has 2 aromatic rings. The standard InChI is InChI=1S/C22H29N3O4S/c1-5-16(3)23-21(26)17(4)24-22(27)18-11-10-14-20(15-18)30(28,29)25(6-2)19-12-8-7-9-13-19/h7-17H,5-6H2,1-4H3,(H,23,26)(H,24,27). The van der Waals surface area contributed by atoms with Crippen LogP contribution < -0.4 is 14.9 Å². The molecule has 2 aromatic carbocycles. The summed E-state index contributed by atoms with van der Waals surface area (Å²) >= 11 is 0.